The van der Waals surface area contributed by atoms with Crippen LogP contribution in [-0.4, -0.2) is 47.7 Å². The van der Waals surface area contributed by atoms with Crippen LogP contribution in [-0.2, 0) is 22.6 Å². The molecule has 200 valence electrons. The number of rotatable bonds is 7. The minimum Gasteiger partial charge on any atom is -0.338 e. The monoisotopic (exact) mass is 502 g/mol. The van der Waals surface area contributed by atoms with Crippen molar-refractivity contribution >= 4 is 11.7 Å². The summed E-state index contributed by atoms with van der Waals surface area (Å²) in [6.07, 6.45) is 11.6. The number of hydrogen-bond acceptors (Lipinski definition) is 3. The van der Waals surface area contributed by atoms with E-state index in [2.05, 4.69) is 71.3 Å². The van der Waals surface area contributed by atoms with Gasteiger partial charge in [-0.15, -0.1) is 0 Å². The van der Waals surface area contributed by atoms with Crippen molar-refractivity contribution in [3.63, 3.8) is 0 Å². The van der Waals surface area contributed by atoms with Crippen molar-refractivity contribution in [2.24, 2.45) is 11.3 Å². The van der Waals surface area contributed by atoms with Crippen molar-refractivity contribution in [3.8, 4) is 0 Å². The maximum Gasteiger partial charge on any atom is 0.229 e. The molecular weight excluding hydrogens is 456 g/mol. The molecule has 2 aromatic carbocycles. The van der Waals surface area contributed by atoms with Crippen LogP contribution in [0.4, 0.5) is 0 Å². The molecule has 0 atom stereocenters. The van der Waals surface area contributed by atoms with E-state index in [1.54, 1.807) is 6.92 Å². The van der Waals surface area contributed by atoms with Gasteiger partial charge in [0.05, 0.1) is 5.41 Å². The van der Waals surface area contributed by atoms with Crippen molar-refractivity contribution in [1.29, 1.82) is 0 Å². The number of Topliss-reactive ketones (excluding diaryl/α,β-unsaturated/α-hetero) is 1. The largest absolute Gasteiger partial charge is 0.338 e. The van der Waals surface area contributed by atoms with Crippen LogP contribution in [0.3, 0.4) is 0 Å². The zero-order valence-corrected chi connectivity index (χ0v) is 23.1. The summed E-state index contributed by atoms with van der Waals surface area (Å²) in [5.41, 5.74) is 3.86. The third kappa shape index (κ3) is 7.77. The number of aryl methyl sites for hydroxylation is 2. The highest BCUT2D eigenvalue weighted by molar-refractivity contribution is 5.85. The molecule has 3 aliphatic rings. The molecular formula is C33H46N2O2. The fraction of sp³-hybridized carbons (Fsp3) is 0.576. The summed E-state index contributed by atoms with van der Waals surface area (Å²) in [5, 5.41) is 0. The van der Waals surface area contributed by atoms with Crippen LogP contribution in [0.15, 0.2) is 54.6 Å². The summed E-state index contributed by atoms with van der Waals surface area (Å²) in [6, 6.07) is 19.3. The molecule has 0 bridgehead atoms. The normalized spacial score (nSPS) is 20.1. The van der Waals surface area contributed by atoms with Crippen LogP contribution in [0.25, 0.3) is 0 Å². The van der Waals surface area contributed by atoms with E-state index in [-0.39, 0.29) is 5.41 Å². The maximum atomic E-state index is 13.2. The third-order valence-electron chi connectivity index (χ3n) is 8.87. The Morgan fingerprint density at radius 3 is 2.14 bits per heavy atom. The Morgan fingerprint density at radius 1 is 0.865 bits per heavy atom. The number of piperidine rings is 1. The molecule has 0 unspecified atom stereocenters. The number of hydrogen-bond donors (Lipinski definition) is 0. The molecule has 2 aliphatic heterocycles. The quantitative estimate of drug-likeness (QED) is 0.428. The Morgan fingerprint density at radius 2 is 1.51 bits per heavy atom. The number of carbonyl (C=O) groups excluding carboxylic acids is 2. The van der Waals surface area contributed by atoms with Gasteiger partial charge in [0.2, 0.25) is 5.91 Å². The van der Waals surface area contributed by atoms with E-state index in [9.17, 15) is 9.59 Å². The smallest absolute Gasteiger partial charge is 0.229 e. The minimum atomic E-state index is -0.0827. The number of ketones is 1. The summed E-state index contributed by atoms with van der Waals surface area (Å²) in [4.78, 5) is 28.6. The second kappa shape index (κ2) is 13.4. The minimum absolute atomic E-state index is 0.0827. The number of benzene rings is 2. The van der Waals surface area contributed by atoms with Crippen LogP contribution < -0.4 is 0 Å². The van der Waals surface area contributed by atoms with Crippen LogP contribution in [0.5, 0.6) is 0 Å². The third-order valence-corrected chi connectivity index (χ3v) is 8.87. The first-order chi connectivity index (χ1) is 17.9. The van der Waals surface area contributed by atoms with Gasteiger partial charge in [0.15, 0.2) is 0 Å². The van der Waals surface area contributed by atoms with E-state index in [4.69, 9.17) is 0 Å². The Labute approximate surface area is 224 Å². The van der Waals surface area contributed by atoms with Gasteiger partial charge >= 0.3 is 0 Å². The molecule has 4 nitrogen and oxygen atoms in total. The van der Waals surface area contributed by atoms with Gasteiger partial charge in [-0.2, -0.15) is 0 Å². The molecule has 2 heterocycles. The van der Waals surface area contributed by atoms with Gasteiger partial charge in [-0.1, -0.05) is 79.4 Å². The van der Waals surface area contributed by atoms with Gasteiger partial charge in [0, 0.05) is 19.0 Å². The molecule has 0 aromatic heterocycles. The van der Waals surface area contributed by atoms with Gasteiger partial charge in [-0.3, -0.25) is 9.59 Å². The molecule has 3 fully saturated rings. The Kier molecular flexibility index (Phi) is 9.96. The molecule has 1 saturated carbocycles. The van der Waals surface area contributed by atoms with Crippen molar-refractivity contribution in [3.05, 3.63) is 71.3 Å². The zero-order chi connectivity index (χ0) is 26.1. The molecule has 0 radical (unpaired) electrons. The van der Waals surface area contributed by atoms with Gasteiger partial charge < -0.3 is 9.80 Å². The molecule has 0 N–H and O–H groups in total. The lowest BCUT2D eigenvalue weighted by Crippen LogP contribution is -2.44. The summed E-state index contributed by atoms with van der Waals surface area (Å²) in [7, 11) is 0. The average Bonchev–Trinajstić information content (AvgIpc) is 3.22. The SMILES string of the molecule is CC(=O)C1CCCCC1.Cc1ccc(CN2CCC3(CCN(CCCc4ccccc4)CC3)C2=O)cc1. The van der Waals surface area contributed by atoms with Gasteiger partial charge in [-0.05, 0) is 89.6 Å². The average molecular weight is 503 g/mol. The van der Waals surface area contributed by atoms with Crippen molar-refractivity contribution < 1.29 is 9.59 Å². The first-order valence-electron chi connectivity index (χ1n) is 14.6. The van der Waals surface area contributed by atoms with Crippen LogP contribution in [0.2, 0.25) is 0 Å². The first-order valence-corrected chi connectivity index (χ1v) is 14.6. The number of nitrogens with zero attached hydrogens (tertiary/aromatic N) is 2. The standard InChI is InChI=1S/C25H32N2O.C8H14O/c1-21-9-11-23(12-10-21)20-27-19-15-25(24(27)28)13-17-26(18-14-25)16-5-8-22-6-3-2-4-7-22;1-7(9)8-5-3-2-4-6-8/h2-4,6-7,9-12H,5,8,13-20H2,1H3;8H,2-6H2,1H3. The topological polar surface area (TPSA) is 40.6 Å². The highest BCUT2D eigenvalue weighted by Crippen LogP contribution is 2.42. The zero-order valence-electron chi connectivity index (χ0n) is 23.1. The summed E-state index contributed by atoms with van der Waals surface area (Å²) in [6.45, 7) is 8.79. The molecule has 1 amide bonds. The summed E-state index contributed by atoms with van der Waals surface area (Å²) >= 11 is 0. The number of amides is 1. The van der Waals surface area contributed by atoms with Crippen molar-refractivity contribution in [1.82, 2.24) is 9.80 Å². The van der Waals surface area contributed by atoms with Gasteiger partial charge in [0.1, 0.15) is 5.78 Å². The predicted molar refractivity (Wildman–Crippen MR) is 151 cm³/mol. The first kappa shape index (κ1) is 27.6. The van der Waals surface area contributed by atoms with E-state index < -0.39 is 0 Å². The Bertz CT molecular complexity index is 987. The van der Waals surface area contributed by atoms with E-state index in [1.807, 2.05) is 0 Å². The second-order valence-electron chi connectivity index (χ2n) is 11.6. The number of likely N-dealkylation sites (tertiary alicyclic amines) is 2. The molecule has 37 heavy (non-hydrogen) atoms. The fourth-order valence-corrected chi connectivity index (χ4v) is 6.29. The highest BCUT2D eigenvalue weighted by atomic mass is 16.2. The van der Waals surface area contributed by atoms with E-state index >= 15 is 0 Å². The van der Waals surface area contributed by atoms with E-state index in [0.29, 0.717) is 17.6 Å². The van der Waals surface area contributed by atoms with Crippen LogP contribution >= 0.6 is 0 Å². The molecule has 2 saturated heterocycles. The second-order valence-corrected chi connectivity index (χ2v) is 11.6. The predicted octanol–water partition coefficient (Wildman–Crippen LogP) is 6.60. The Balaban J connectivity index is 0.000000301. The highest BCUT2D eigenvalue weighted by Gasteiger charge is 2.47. The Hall–Kier alpha value is -2.46. The van der Waals surface area contributed by atoms with Crippen LogP contribution in [0, 0.1) is 18.3 Å². The van der Waals surface area contributed by atoms with Crippen molar-refractivity contribution in [2.45, 2.75) is 84.6 Å². The lowest BCUT2D eigenvalue weighted by molar-refractivity contribution is -0.138. The molecule has 4 heteroatoms. The molecule has 5 rings (SSSR count). The van der Waals surface area contributed by atoms with Gasteiger partial charge in [-0.25, -0.2) is 0 Å². The van der Waals surface area contributed by atoms with E-state index in [0.717, 1.165) is 71.2 Å². The number of carbonyl (C=O) groups is 2. The lowest BCUT2D eigenvalue weighted by Gasteiger charge is -2.38. The molecule has 1 aliphatic carbocycles. The molecule has 2 aromatic rings. The fourth-order valence-electron chi connectivity index (χ4n) is 6.29. The van der Waals surface area contributed by atoms with E-state index in [1.165, 1.54) is 42.4 Å². The van der Waals surface area contributed by atoms with Gasteiger partial charge in [0.25, 0.3) is 0 Å². The summed E-state index contributed by atoms with van der Waals surface area (Å²) < 4.78 is 0. The van der Waals surface area contributed by atoms with Crippen LogP contribution in [0.1, 0.15) is 81.4 Å². The van der Waals surface area contributed by atoms with Crippen molar-refractivity contribution in [2.75, 3.05) is 26.2 Å². The summed E-state index contributed by atoms with van der Waals surface area (Å²) in [5.74, 6) is 1.21. The molecule has 1 spiro atoms. The lowest BCUT2D eigenvalue weighted by atomic mass is 9.77. The maximum absolute atomic E-state index is 13.2.